The predicted molar refractivity (Wildman–Crippen MR) is 112 cm³/mol. The van der Waals surface area contributed by atoms with Crippen molar-refractivity contribution in [3.63, 3.8) is 0 Å². The topological polar surface area (TPSA) is 40.5 Å². The van der Waals surface area contributed by atoms with Gasteiger partial charge in [0.2, 0.25) is 0 Å². The van der Waals surface area contributed by atoms with E-state index in [0.29, 0.717) is 11.7 Å². The number of aromatic hydroxyl groups is 1. The van der Waals surface area contributed by atoms with Crippen LogP contribution in [0, 0.1) is 17.8 Å². The van der Waals surface area contributed by atoms with Crippen LogP contribution < -0.4 is 4.90 Å². The van der Waals surface area contributed by atoms with Gasteiger partial charge in [-0.05, 0) is 91.3 Å². The summed E-state index contributed by atoms with van der Waals surface area (Å²) in [6.45, 7) is 1.94. The molecule has 2 atom stereocenters. The molecule has 1 aliphatic heterocycles. The number of hydrogen-bond donors (Lipinski definition) is 1. The lowest BCUT2D eigenvalue weighted by Crippen LogP contribution is -2.34. The van der Waals surface area contributed by atoms with E-state index >= 15 is 0 Å². The average Bonchev–Trinajstić information content (AvgIpc) is 3.58. The minimum absolute atomic E-state index is 0.241. The molecular formula is C25H29NO2. The van der Waals surface area contributed by atoms with Crippen LogP contribution in [0.15, 0.2) is 42.5 Å². The minimum atomic E-state index is 0.241. The van der Waals surface area contributed by atoms with E-state index in [1.807, 2.05) is 12.1 Å². The first-order valence-corrected chi connectivity index (χ1v) is 10.8. The molecule has 5 rings (SSSR count). The molecule has 0 amide bonds. The maximum atomic E-state index is 11.0. The molecule has 146 valence electrons. The van der Waals surface area contributed by atoms with Crippen LogP contribution in [0.4, 0.5) is 5.69 Å². The first kappa shape index (κ1) is 17.8. The monoisotopic (exact) mass is 375 g/mol. The van der Waals surface area contributed by atoms with Gasteiger partial charge in [-0.3, -0.25) is 0 Å². The number of hydrogen-bond acceptors (Lipinski definition) is 3. The Morgan fingerprint density at radius 3 is 2.36 bits per heavy atom. The summed E-state index contributed by atoms with van der Waals surface area (Å²) in [5.74, 6) is 2.67. The van der Waals surface area contributed by atoms with E-state index in [9.17, 15) is 9.90 Å². The Morgan fingerprint density at radius 2 is 1.68 bits per heavy atom. The number of phenols is 1. The van der Waals surface area contributed by atoms with Crippen molar-refractivity contribution in [1.82, 2.24) is 0 Å². The summed E-state index contributed by atoms with van der Waals surface area (Å²) in [5, 5.41) is 9.92. The zero-order chi connectivity index (χ0) is 19.1. The Kier molecular flexibility index (Phi) is 4.62. The number of aryl methyl sites for hydroxylation is 1. The lowest BCUT2D eigenvalue weighted by atomic mass is 9.70. The van der Waals surface area contributed by atoms with Crippen molar-refractivity contribution >= 4 is 12.0 Å². The Bertz CT molecular complexity index is 847. The third-order valence-electron chi connectivity index (χ3n) is 7.21. The summed E-state index contributed by atoms with van der Waals surface area (Å²) in [6.07, 6.45) is 8.12. The number of benzene rings is 2. The first-order chi connectivity index (χ1) is 13.7. The van der Waals surface area contributed by atoms with Crippen molar-refractivity contribution in [1.29, 1.82) is 0 Å². The number of piperidine rings is 1. The van der Waals surface area contributed by atoms with Gasteiger partial charge in [0.15, 0.2) is 0 Å². The van der Waals surface area contributed by atoms with E-state index in [1.165, 1.54) is 41.6 Å². The van der Waals surface area contributed by atoms with Crippen LogP contribution in [0.3, 0.4) is 0 Å². The molecule has 1 saturated carbocycles. The molecule has 28 heavy (non-hydrogen) atoms. The molecule has 3 heteroatoms. The van der Waals surface area contributed by atoms with E-state index in [0.717, 1.165) is 50.5 Å². The quantitative estimate of drug-likeness (QED) is 0.772. The minimum Gasteiger partial charge on any atom is -0.508 e. The zero-order valence-electron chi connectivity index (χ0n) is 16.4. The maximum absolute atomic E-state index is 11.0. The van der Waals surface area contributed by atoms with Crippen LogP contribution >= 0.6 is 0 Å². The summed E-state index contributed by atoms with van der Waals surface area (Å²) in [7, 11) is 0. The van der Waals surface area contributed by atoms with Crippen molar-refractivity contribution < 1.29 is 9.90 Å². The van der Waals surface area contributed by atoms with Crippen LogP contribution in [0.25, 0.3) is 0 Å². The fraction of sp³-hybridized carbons (Fsp3) is 0.480. The number of carbonyl (C=O) groups excluding carboxylic acids is 1. The number of anilines is 1. The normalized spacial score (nSPS) is 25.4. The molecule has 2 aromatic rings. The predicted octanol–water partition coefficient (Wildman–Crippen LogP) is 4.91. The molecule has 3 nitrogen and oxygen atoms in total. The van der Waals surface area contributed by atoms with Gasteiger partial charge in [-0.15, -0.1) is 0 Å². The first-order valence-electron chi connectivity index (χ1n) is 10.8. The zero-order valence-corrected chi connectivity index (χ0v) is 16.4. The molecule has 3 aliphatic rings. The summed E-state index contributed by atoms with van der Waals surface area (Å²) < 4.78 is 0. The summed E-state index contributed by atoms with van der Waals surface area (Å²) >= 11 is 0. The summed E-state index contributed by atoms with van der Waals surface area (Å²) in [4.78, 5) is 13.4. The van der Waals surface area contributed by atoms with Gasteiger partial charge < -0.3 is 14.8 Å². The smallest absolute Gasteiger partial charge is 0.123 e. The van der Waals surface area contributed by atoms with Gasteiger partial charge in [0.05, 0.1) is 0 Å². The molecule has 1 saturated heterocycles. The third-order valence-corrected chi connectivity index (χ3v) is 7.21. The molecule has 0 bridgehead atoms. The molecule has 0 radical (unpaired) electrons. The Morgan fingerprint density at radius 1 is 0.929 bits per heavy atom. The molecule has 2 aliphatic carbocycles. The second kappa shape index (κ2) is 7.27. The number of carbonyl (C=O) groups is 1. The fourth-order valence-electron chi connectivity index (χ4n) is 5.48. The molecule has 2 aromatic carbocycles. The van der Waals surface area contributed by atoms with Crippen LogP contribution in [0.5, 0.6) is 5.75 Å². The standard InChI is InChI=1S/C25H29NO2/c27-16-17-11-13-26(14-12-17)21-6-3-19(4-7-21)25-23(18-1-2-18)9-5-20-15-22(28)8-10-24(20)25/h3-4,6-8,10,15-18,23,25,28H,1-2,5,9,11-14H2/t23-,25?/m1/s1. The lowest BCUT2D eigenvalue weighted by Gasteiger charge is -2.35. The van der Waals surface area contributed by atoms with Crippen LogP contribution in [0.2, 0.25) is 0 Å². The van der Waals surface area contributed by atoms with Crippen molar-refractivity contribution in [3.8, 4) is 5.75 Å². The van der Waals surface area contributed by atoms with Gasteiger partial charge in [-0.1, -0.05) is 18.2 Å². The summed E-state index contributed by atoms with van der Waals surface area (Å²) in [6, 6.07) is 15.2. The van der Waals surface area contributed by atoms with Crippen molar-refractivity contribution in [2.75, 3.05) is 18.0 Å². The van der Waals surface area contributed by atoms with E-state index in [4.69, 9.17) is 0 Å². The second-order valence-electron chi connectivity index (χ2n) is 8.95. The van der Waals surface area contributed by atoms with E-state index in [2.05, 4.69) is 35.2 Å². The third kappa shape index (κ3) is 3.32. The number of rotatable bonds is 4. The Hall–Kier alpha value is -2.29. The highest BCUT2D eigenvalue weighted by molar-refractivity contribution is 5.56. The fourth-order valence-corrected chi connectivity index (χ4v) is 5.48. The van der Waals surface area contributed by atoms with E-state index in [-0.39, 0.29) is 5.92 Å². The number of fused-ring (bicyclic) bond motifs is 1. The van der Waals surface area contributed by atoms with Crippen molar-refractivity contribution in [2.24, 2.45) is 17.8 Å². The molecule has 2 fully saturated rings. The highest BCUT2D eigenvalue weighted by Crippen LogP contribution is 2.52. The SMILES string of the molecule is O=CC1CCN(c2ccc(C3c4ccc(O)cc4CC[C@@H]3C3CC3)cc2)CC1. The van der Waals surface area contributed by atoms with Crippen LogP contribution in [0.1, 0.15) is 54.7 Å². The second-order valence-corrected chi connectivity index (χ2v) is 8.95. The Balaban J connectivity index is 1.42. The molecule has 1 heterocycles. The van der Waals surface area contributed by atoms with Crippen molar-refractivity contribution in [3.05, 3.63) is 59.2 Å². The van der Waals surface area contributed by atoms with Crippen LogP contribution in [-0.4, -0.2) is 24.5 Å². The highest BCUT2D eigenvalue weighted by atomic mass is 16.3. The maximum Gasteiger partial charge on any atom is 0.123 e. The highest BCUT2D eigenvalue weighted by Gasteiger charge is 2.40. The van der Waals surface area contributed by atoms with Crippen LogP contribution in [-0.2, 0) is 11.2 Å². The molecule has 1 unspecified atom stereocenters. The van der Waals surface area contributed by atoms with E-state index < -0.39 is 0 Å². The van der Waals surface area contributed by atoms with Gasteiger partial charge in [-0.2, -0.15) is 0 Å². The van der Waals surface area contributed by atoms with Gasteiger partial charge in [-0.25, -0.2) is 0 Å². The lowest BCUT2D eigenvalue weighted by molar-refractivity contribution is -0.111. The van der Waals surface area contributed by atoms with E-state index in [1.54, 1.807) is 0 Å². The average molecular weight is 376 g/mol. The molecule has 0 spiro atoms. The molecule has 1 N–H and O–H groups in total. The van der Waals surface area contributed by atoms with Gasteiger partial charge >= 0.3 is 0 Å². The number of nitrogens with zero attached hydrogens (tertiary/aromatic N) is 1. The number of phenolic OH excluding ortho intramolecular Hbond substituents is 1. The molecular weight excluding hydrogens is 346 g/mol. The van der Waals surface area contributed by atoms with Gasteiger partial charge in [0.25, 0.3) is 0 Å². The molecule has 0 aromatic heterocycles. The van der Waals surface area contributed by atoms with Gasteiger partial charge in [0.1, 0.15) is 12.0 Å². The largest absolute Gasteiger partial charge is 0.508 e. The Labute approximate surface area is 167 Å². The summed E-state index contributed by atoms with van der Waals surface area (Å²) in [5.41, 5.74) is 5.43. The van der Waals surface area contributed by atoms with Crippen molar-refractivity contribution in [2.45, 2.75) is 44.4 Å². The van der Waals surface area contributed by atoms with Gasteiger partial charge in [0, 0.05) is 30.6 Å². The number of aldehydes is 1.